The summed E-state index contributed by atoms with van der Waals surface area (Å²) >= 11 is 6.30. The molecule has 1 saturated heterocycles. The van der Waals surface area contributed by atoms with Crippen molar-refractivity contribution in [1.82, 2.24) is 15.5 Å². The van der Waals surface area contributed by atoms with Gasteiger partial charge in [-0.15, -0.1) is 0 Å². The summed E-state index contributed by atoms with van der Waals surface area (Å²) in [6.07, 6.45) is 4.25. The molecule has 7 nitrogen and oxygen atoms in total. The van der Waals surface area contributed by atoms with Crippen molar-refractivity contribution >= 4 is 23.5 Å². The standard InChI is InChI=1S/C20H31ClN4O3/c1-25(2)19(26)14-24-20(23-13-17-6-4-5-11-28-17)22-10-9-15-7-8-16(27-3)12-18(15)21/h7-8,12,17H,4-6,9-11,13-14H2,1-3H3,(H2,22,23,24). The molecule has 1 aliphatic heterocycles. The summed E-state index contributed by atoms with van der Waals surface area (Å²) in [6.45, 7) is 2.21. The summed E-state index contributed by atoms with van der Waals surface area (Å²) in [7, 11) is 5.06. The highest BCUT2D eigenvalue weighted by molar-refractivity contribution is 6.31. The molecule has 0 aromatic heterocycles. The molecule has 1 aromatic rings. The molecule has 1 unspecified atom stereocenters. The maximum atomic E-state index is 11.9. The minimum absolute atomic E-state index is 0.0479. The topological polar surface area (TPSA) is 75.2 Å². The second-order valence-corrected chi connectivity index (χ2v) is 7.36. The van der Waals surface area contributed by atoms with Gasteiger partial charge in [-0.05, 0) is 43.4 Å². The lowest BCUT2D eigenvalue weighted by molar-refractivity contribution is -0.127. The van der Waals surface area contributed by atoms with Crippen LogP contribution in [-0.2, 0) is 16.0 Å². The zero-order chi connectivity index (χ0) is 20.4. The van der Waals surface area contributed by atoms with Gasteiger partial charge in [-0.25, -0.2) is 4.99 Å². The van der Waals surface area contributed by atoms with Crippen molar-refractivity contribution in [3.8, 4) is 5.75 Å². The van der Waals surface area contributed by atoms with Gasteiger partial charge in [0.2, 0.25) is 5.91 Å². The Hall–Kier alpha value is -1.99. The van der Waals surface area contributed by atoms with Crippen LogP contribution in [0.25, 0.3) is 0 Å². The van der Waals surface area contributed by atoms with E-state index in [9.17, 15) is 4.79 Å². The molecular weight excluding hydrogens is 380 g/mol. The lowest BCUT2D eigenvalue weighted by atomic mass is 10.1. The monoisotopic (exact) mass is 410 g/mol. The number of halogens is 1. The zero-order valence-electron chi connectivity index (χ0n) is 17.0. The van der Waals surface area contributed by atoms with Crippen LogP contribution >= 0.6 is 11.6 Å². The number of benzene rings is 1. The minimum atomic E-state index is -0.0479. The van der Waals surface area contributed by atoms with Gasteiger partial charge in [0.1, 0.15) is 12.3 Å². The van der Waals surface area contributed by atoms with E-state index in [0.29, 0.717) is 24.1 Å². The Bertz CT molecular complexity index is 661. The number of amides is 1. The summed E-state index contributed by atoms with van der Waals surface area (Å²) < 4.78 is 10.9. The van der Waals surface area contributed by atoms with Gasteiger partial charge in [-0.2, -0.15) is 0 Å². The molecular formula is C20H31ClN4O3. The van der Waals surface area contributed by atoms with Crippen molar-refractivity contribution in [1.29, 1.82) is 0 Å². The second-order valence-electron chi connectivity index (χ2n) is 6.96. The van der Waals surface area contributed by atoms with E-state index in [0.717, 1.165) is 37.2 Å². The Balaban J connectivity index is 1.90. The fraction of sp³-hybridized carbons (Fsp3) is 0.600. The van der Waals surface area contributed by atoms with E-state index in [1.807, 2.05) is 12.1 Å². The smallest absolute Gasteiger partial charge is 0.243 e. The predicted molar refractivity (Wildman–Crippen MR) is 112 cm³/mol. The maximum Gasteiger partial charge on any atom is 0.243 e. The largest absolute Gasteiger partial charge is 0.497 e. The number of aliphatic imine (C=N–C) groups is 1. The molecule has 0 radical (unpaired) electrons. The number of carbonyl (C=O) groups is 1. The molecule has 1 heterocycles. The molecule has 0 spiro atoms. The van der Waals surface area contributed by atoms with Crippen LogP contribution in [0.4, 0.5) is 0 Å². The Morgan fingerprint density at radius 3 is 2.82 bits per heavy atom. The van der Waals surface area contributed by atoms with Crippen molar-refractivity contribution in [2.75, 3.05) is 47.4 Å². The summed E-state index contributed by atoms with van der Waals surface area (Å²) in [5.74, 6) is 1.29. The van der Waals surface area contributed by atoms with Gasteiger partial charge < -0.3 is 25.0 Å². The van der Waals surface area contributed by atoms with Crippen LogP contribution in [0.5, 0.6) is 5.75 Å². The number of nitrogens with zero attached hydrogens (tertiary/aromatic N) is 2. The fourth-order valence-corrected chi connectivity index (χ4v) is 3.08. The number of guanidine groups is 1. The maximum absolute atomic E-state index is 11.9. The Morgan fingerprint density at radius 1 is 1.36 bits per heavy atom. The average molecular weight is 411 g/mol. The molecule has 8 heteroatoms. The lowest BCUT2D eigenvalue weighted by Gasteiger charge is -2.24. The SMILES string of the molecule is COc1ccc(CCNC(=NCC(=O)N(C)C)NCC2CCCCO2)c(Cl)c1. The number of likely N-dealkylation sites (N-methyl/N-ethyl adjacent to an activating group) is 1. The molecule has 28 heavy (non-hydrogen) atoms. The second kappa shape index (κ2) is 11.8. The van der Waals surface area contributed by atoms with Crippen LogP contribution in [-0.4, -0.2) is 70.3 Å². The molecule has 1 atom stereocenters. The first kappa shape index (κ1) is 22.3. The van der Waals surface area contributed by atoms with Gasteiger partial charge in [0.15, 0.2) is 5.96 Å². The molecule has 1 aromatic carbocycles. The quantitative estimate of drug-likeness (QED) is 0.507. The highest BCUT2D eigenvalue weighted by Crippen LogP contribution is 2.22. The summed E-state index contributed by atoms with van der Waals surface area (Å²) in [5.41, 5.74) is 1.02. The summed E-state index contributed by atoms with van der Waals surface area (Å²) in [6, 6.07) is 5.66. The summed E-state index contributed by atoms with van der Waals surface area (Å²) in [4.78, 5) is 17.8. The van der Waals surface area contributed by atoms with Crippen LogP contribution in [0.15, 0.2) is 23.2 Å². The Morgan fingerprint density at radius 2 is 2.18 bits per heavy atom. The highest BCUT2D eigenvalue weighted by atomic mass is 35.5. The Kier molecular flexibility index (Phi) is 9.37. The highest BCUT2D eigenvalue weighted by Gasteiger charge is 2.14. The molecule has 1 aliphatic rings. The number of ether oxygens (including phenoxy) is 2. The predicted octanol–water partition coefficient (Wildman–Crippen LogP) is 2.08. The van der Waals surface area contributed by atoms with Crippen LogP contribution in [0.1, 0.15) is 24.8 Å². The van der Waals surface area contributed by atoms with Gasteiger partial charge in [-0.3, -0.25) is 4.79 Å². The number of rotatable bonds is 8. The van der Waals surface area contributed by atoms with Gasteiger partial charge >= 0.3 is 0 Å². The molecule has 0 bridgehead atoms. The van der Waals surface area contributed by atoms with Crippen LogP contribution in [0.2, 0.25) is 5.02 Å². The van der Waals surface area contributed by atoms with Gasteiger partial charge in [0, 0.05) is 38.8 Å². The molecule has 2 N–H and O–H groups in total. The molecule has 2 rings (SSSR count). The third-order valence-corrected chi connectivity index (χ3v) is 4.94. The first-order valence-electron chi connectivity index (χ1n) is 9.66. The van der Waals surface area contributed by atoms with Crippen molar-refractivity contribution < 1.29 is 14.3 Å². The number of nitrogens with one attached hydrogen (secondary N) is 2. The first-order chi connectivity index (χ1) is 13.5. The Labute approximate surface area is 172 Å². The van der Waals surface area contributed by atoms with E-state index in [4.69, 9.17) is 21.1 Å². The summed E-state index contributed by atoms with van der Waals surface area (Å²) in [5, 5.41) is 7.25. The van der Waals surface area contributed by atoms with Crippen molar-refractivity contribution in [3.63, 3.8) is 0 Å². The van der Waals surface area contributed by atoms with E-state index >= 15 is 0 Å². The van der Waals surface area contributed by atoms with Crippen molar-refractivity contribution in [2.24, 2.45) is 4.99 Å². The van der Waals surface area contributed by atoms with E-state index in [-0.39, 0.29) is 18.6 Å². The number of hydrogen-bond acceptors (Lipinski definition) is 4. The van der Waals surface area contributed by atoms with E-state index in [1.165, 1.54) is 11.3 Å². The van der Waals surface area contributed by atoms with E-state index < -0.39 is 0 Å². The number of hydrogen-bond donors (Lipinski definition) is 2. The number of methoxy groups -OCH3 is 1. The molecule has 1 amide bonds. The lowest BCUT2D eigenvalue weighted by Crippen LogP contribution is -2.43. The van der Waals surface area contributed by atoms with Crippen molar-refractivity contribution in [3.05, 3.63) is 28.8 Å². The minimum Gasteiger partial charge on any atom is -0.497 e. The van der Waals surface area contributed by atoms with E-state index in [2.05, 4.69) is 15.6 Å². The first-order valence-corrected chi connectivity index (χ1v) is 10.0. The van der Waals surface area contributed by atoms with Gasteiger partial charge in [0.25, 0.3) is 0 Å². The molecule has 0 saturated carbocycles. The molecule has 1 fully saturated rings. The third kappa shape index (κ3) is 7.56. The third-order valence-electron chi connectivity index (χ3n) is 4.59. The van der Waals surface area contributed by atoms with Crippen LogP contribution < -0.4 is 15.4 Å². The fourth-order valence-electron chi connectivity index (χ4n) is 2.81. The van der Waals surface area contributed by atoms with Crippen LogP contribution in [0.3, 0.4) is 0 Å². The molecule has 0 aliphatic carbocycles. The van der Waals surface area contributed by atoms with Gasteiger partial charge in [-0.1, -0.05) is 17.7 Å². The normalized spacial score (nSPS) is 17.1. The van der Waals surface area contributed by atoms with Crippen LogP contribution in [0, 0.1) is 0 Å². The van der Waals surface area contributed by atoms with Gasteiger partial charge in [0.05, 0.1) is 13.2 Å². The number of carbonyl (C=O) groups excluding carboxylic acids is 1. The van der Waals surface area contributed by atoms with Crippen molar-refractivity contribution in [2.45, 2.75) is 31.8 Å². The van der Waals surface area contributed by atoms with E-state index in [1.54, 1.807) is 27.3 Å². The zero-order valence-corrected chi connectivity index (χ0v) is 17.7. The molecule has 156 valence electrons. The average Bonchev–Trinajstić information content (AvgIpc) is 2.71.